The zero-order chi connectivity index (χ0) is 47.1. The summed E-state index contributed by atoms with van der Waals surface area (Å²) < 4.78 is 4.28. The lowest BCUT2D eigenvalue weighted by atomic mass is 9.64. The molecule has 0 amide bonds. The number of rotatable bonds is 7. The lowest BCUT2D eigenvalue weighted by Gasteiger charge is -2.19. The summed E-state index contributed by atoms with van der Waals surface area (Å²) in [6, 6.07) is 69.4. The molecular weight excluding hydrogens is 824 g/mol. The van der Waals surface area contributed by atoms with Crippen LogP contribution in [0, 0.1) is 0 Å². The average Bonchev–Trinajstić information content (AvgIpc) is 3.94. The van der Waals surface area contributed by atoms with Crippen LogP contribution in [0.5, 0.6) is 0 Å². The third kappa shape index (κ3) is 6.81. The van der Waals surface area contributed by atoms with Crippen molar-refractivity contribution in [1.29, 1.82) is 0 Å². The first-order valence-corrected chi connectivity index (χ1v) is 22.8. The molecule has 2 aromatic heterocycles. The first kappa shape index (κ1) is 42.6. The fourth-order valence-corrected chi connectivity index (χ4v) is 10.4. The summed E-state index contributed by atoms with van der Waals surface area (Å²) in [4.78, 5) is 0. The van der Waals surface area contributed by atoms with Crippen LogP contribution in [0.4, 0.5) is 0 Å². The maximum absolute atomic E-state index is 7.46. The van der Waals surface area contributed by atoms with Gasteiger partial charge in [-0.25, -0.2) is 0 Å². The molecule has 0 bridgehead atoms. The van der Waals surface area contributed by atoms with Gasteiger partial charge < -0.3 is 9.13 Å². The monoisotopic (exact) mass is 858 g/mol. The highest BCUT2D eigenvalue weighted by Crippen LogP contribution is 2.41. The molecule has 0 aliphatic heterocycles. The van der Waals surface area contributed by atoms with Crippen LogP contribution in [0.2, 0.25) is 0 Å². The molecule has 0 aliphatic rings. The molecule has 14 radical (unpaired) electrons. The summed E-state index contributed by atoms with van der Waals surface area (Å²) in [7, 11) is 49.0. The Kier molecular flexibility index (Phi) is 10.4. The van der Waals surface area contributed by atoms with Crippen LogP contribution in [-0.4, -0.2) is 64.1 Å². The van der Waals surface area contributed by atoms with Gasteiger partial charge >= 0.3 is 0 Å². The first-order valence-electron chi connectivity index (χ1n) is 22.8. The molecule has 0 saturated heterocycles. The largest absolute Gasteiger partial charge is 0.311 e. The molecule has 0 fully saturated rings. The van der Waals surface area contributed by atoms with Gasteiger partial charge in [0.05, 0.1) is 11.0 Å². The van der Waals surface area contributed by atoms with E-state index in [9.17, 15) is 0 Å². The second-order valence-electron chi connectivity index (χ2n) is 17.6. The van der Waals surface area contributed by atoms with Crippen LogP contribution in [0.1, 0.15) is 0 Å². The molecule has 0 saturated carbocycles. The molecule has 9 heteroatoms. The Hall–Kier alpha value is -7.75. The molecule has 69 heavy (non-hydrogen) atoms. The maximum Gasteiger partial charge on any atom is 0.115 e. The van der Waals surface area contributed by atoms with E-state index >= 15 is 0 Å². The lowest BCUT2D eigenvalue weighted by molar-refractivity contribution is 1.18. The van der Waals surface area contributed by atoms with E-state index < -0.39 is 0 Å². The van der Waals surface area contributed by atoms with Crippen molar-refractivity contribution in [1.82, 2.24) is 9.13 Å². The quantitative estimate of drug-likeness (QED) is 0.145. The van der Waals surface area contributed by atoms with Gasteiger partial charge in [0.1, 0.15) is 54.9 Å². The Morgan fingerprint density at radius 2 is 0.739 bits per heavy atom. The van der Waals surface area contributed by atoms with Crippen molar-refractivity contribution in [3.63, 3.8) is 0 Å². The van der Waals surface area contributed by atoms with E-state index in [0.717, 1.165) is 72.1 Å². The van der Waals surface area contributed by atoms with Gasteiger partial charge in [-0.1, -0.05) is 185 Å². The molecule has 0 aliphatic carbocycles. The zero-order valence-electron chi connectivity index (χ0n) is 37.5. The van der Waals surface area contributed by atoms with Crippen molar-refractivity contribution in [2.75, 3.05) is 0 Å². The third-order valence-corrected chi connectivity index (χ3v) is 13.7. The Morgan fingerprint density at radius 1 is 0.261 bits per heavy atom. The smallest absolute Gasteiger partial charge is 0.115 e. The molecule has 0 unspecified atom stereocenters. The minimum Gasteiger partial charge on any atom is -0.311 e. The van der Waals surface area contributed by atoms with Crippen molar-refractivity contribution < 1.29 is 0 Å². The first-order chi connectivity index (χ1) is 33.7. The molecular formula is C60H33B7N2. The molecule has 0 N–H and O–H groups in total. The fourth-order valence-electron chi connectivity index (χ4n) is 10.4. The van der Waals surface area contributed by atoms with Crippen molar-refractivity contribution in [2.45, 2.75) is 0 Å². The third-order valence-electron chi connectivity index (χ3n) is 13.7. The molecule has 304 valence electrons. The summed E-state index contributed by atoms with van der Waals surface area (Å²) in [5.74, 6) is 0. The van der Waals surface area contributed by atoms with Crippen molar-refractivity contribution in [2.24, 2.45) is 0 Å². The van der Waals surface area contributed by atoms with Crippen LogP contribution in [0.15, 0.2) is 200 Å². The van der Waals surface area contributed by atoms with Crippen LogP contribution >= 0.6 is 0 Å². The average molecular weight is 858 g/mol. The number of fused-ring (bicyclic) bond motifs is 6. The van der Waals surface area contributed by atoms with Crippen molar-refractivity contribution in [3.8, 4) is 67.0 Å². The molecule has 2 heterocycles. The Morgan fingerprint density at radius 3 is 1.36 bits per heavy atom. The zero-order valence-corrected chi connectivity index (χ0v) is 37.5. The van der Waals surface area contributed by atoms with Crippen LogP contribution in [0.25, 0.3) is 111 Å². The lowest BCUT2D eigenvalue weighted by Crippen LogP contribution is -2.48. The van der Waals surface area contributed by atoms with Gasteiger partial charge in [-0.15, -0.1) is 10.9 Å². The molecule has 0 spiro atoms. The Balaban J connectivity index is 1.07. The van der Waals surface area contributed by atoms with Gasteiger partial charge in [-0.05, 0) is 103 Å². The van der Waals surface area contributed by atoms with E-state index in [1.54, 1.807) is 0 Å². The molecule has 0 atom stereocenters. The number of aromatic nitrogens is 2. The highest BCUT2D eigenvalue weighted by atomic mass is 15.0. The van der Waals surface area contributed by atoms with Crippen LogP contribution in [-0.2, 0) is 0 Å². The second kappa shape index (κ2) is 16.8. The van der Waals surface area contributed by atoms with Gasteiger partial charge in [0, 0.05) is 38.6 Å². The molecule has 12 rings (SSSR count). The summed E-state index contributed by atoms with van der Waals surface area (Å²) in [5.41, 5.74) is 17.0. The van der Waals surface area contributed by atoms with E-state index in [-0.39, 0.29) is 21.9 Å². The SMILES string of the molecule is [B]c1c([B])c([B])c2c(c1[B])c1c([B])c(-c3ccc4c(c3)c3c(-c5ccccc5)cccc3n4-c3ccc(-c4ccc(-c5ccccc5)cc4)cc3)c([B])c([B])c1n2-c1cccc(-c2ccccc2)c1. The number of nitrogens with zero attached hydrogens (tertiary/aromatic N) is 2. The van der Waals surface area contributed by atoms with Crippen LogP contribution < -0.4 is 38.2 Å². The minimum atomic E-state index is 0.171. The minimum absolute atomic E-state index is 0.171. The van der Waals surface area contributed by atoms with E-state index in [4.69, 9.17) is 54.9 Å². The van der Waals surface area contributed by atoms with Gasteiger partial charge in [-0.3, -0.25) is 0 Å². The Labute approximate surface area is 410 Å². The predicted octanol–water partition coefficient (Wildman–Crippen LogP) is 7.77. The highest BCUT2D eigenvalue weighted by molar-refractivity contribution is 6.69. The fraction of sp³-hybridized carbons (Fsp3) is 0. The van der Waals surface area contributed by atoms with Crippen LogP contribution in [0.3, 0.4) is 0 Å². The van der Waals surface area contributed by atoms with E-state index in [1.165, 1.54) is 11.1 Å². The summed E-state index contributed by atoms with van der Waals surface area (Å²) in [6.07, 6.45) is 0. The topological polar surface area (TPSA) is 9.86 Å². The predicted molar refractivity (Wildman–Crippen MR) is 300 cm³/mol. The number of benzene rings is 10. The van der Waals surface area contributed by atoms with Gasteiger partial charge in [0.2, 0.25) is 0 Å². The van der Waals surface area contributed by atoms with E-state index in [1.807, 2.05) is 47.0 Å². The van der Waals surface area contributed by atoms with E-state index in [2.05, 4.69) is 162 Å². The summed E-state index contributed by atoms with van der Waals surface area (Å²) in [5, 5.41) is 3.22. The number of hydrogen-bond acceptors (Lipinski definition) is 0. The van der Waals surface area contributed by atoms with Gasteiger partial charge in [-0.2, -0.15) is 0 Å². The van der Waals surface area contributed by atoms with E-state index in [0.29, 0.717) is 43.8 Å². The molecule has 2 nitrogen and oxygen atoms in total. The summed E-state index contributed by atoms with van der Waals surface area (Å²) >= 11 is 0. The normalized spacial score (nSPS) is 11.6. The highest BCUT2D eigenvalue weighted by Gasteiger charge is 2.25. The second-order valence-corrected chi connectivity index (χ2v) is 17.6. The number of hydrogen-bond donors (Lipinski definition) is 0. The molecule has 12 aromatic rings. The maximum atomic E-state index is 7.46. The molecule has 10 aromatic carbocycles. The van der Waals surface area contributed by atoms with Gasteiger partial charge in [0.25, 0.3) is 0 Å². The standard InChI is InChI=1S/C60H33B7N2/c61-52-48(53(62)57(66)59-50(52)51-54(63)55(64)56(65)58(67)60(51)69(59)43-19-10-18-40(32-43)35-14-6-2-7-15-35)41-28-31-46-45(33-41)49-44(39-16-8-3-9-17-39)20-11-21-47(49)68(46)42-29-26-38(27-30-42)37-24-22-36(23-25-37)34-12-4-1-5-13-34/h1-33H. The van der Waals surface area contributed by atoms with Crippen molar-refractivity contribution >= 4 is 137 Å². The van der Waals surface area contributed by atoms with Crippen molar-refractivity contribution in [3.05, 3.63) is 200 Å². The van der Waals surface area contributed by atoms with Gasteiger partial charge in [0.15, 0.2) is 0 Å². The Bertz CT molecular complexity index is 3990. The summed E-state index contributed by atoms with van der Waals surface area (Å²) in [6.45, 7) is 0.